The SMILES string of the molecule is CC1(CNC(=O)[C@H]2[C@@H]3CC[C@@H](C3)[C@H]2NC(=O)c2cc(OC3CCC(C)(C(=O)O)CC3)ccn2)CCC1. The predicted molar refractivity (Wildman–Crippen MR) is 133 cm³/mol. The first-order chi connectivity index (χ1) is 17.2. The number of hydrogen-bond acceptors (Lipinski definition) is 5. The zero-order chi connectivity index (χ0) is 25.5. The second-order valence-corrected chi connectivity index (χ2v) is 12.3. The Bertz CT molecular complexity index is 1010. The number of amides is 2. The molecule has 4 aliphatic rings. The summed E-state index contributed by atoms with van der Waals surface area (Å²) in [7, 11) is 0. The number of carboxylic acid groups (broad SMARTS) is 1. The van der Waals surface area contributed by atoms with E-state index in [-0.39, 0.29) is 41.0 Å². The number of aromatic nitrogens is 1. The van der Waals surface area contributed by atoms with Crippen molar-refractivity contribution in [3.8, 4) is 5.75 Å². The highest BCUT2D eigenvalue weighted by molar-refractivity contribution is 5.93. The molecule has 4 fully saturated rings. The number of nitrogens with zero attached hydrogens (tertiary/aromatic N) is 1. The van der Waals surface area contributed by atoms with Gasteiger partial charge in [0, 0.05) is 24.8 Å². The van der Waals surface area contributed by atoms with E-state index in [1.54, 1.807) is 25.3 Å². The third-order valence-corrected chi connectivity index (χ3v) is 9.59. The number of rotatable bonds is 8. The van der Waals surface area contributed by atoms with Gasteiger partial charge in [-0.25, -0.2) is 0 Å². The van der Waals surface area contributed by atoms with E-state index < -0.39 is 11.4 Å². The van der Waals surface area contributed by atoms with Crippen LogP contribution in [0.4, 0.5) is 0 Å². The summed E-state index contributed by atoms with van der Waals surface area (Å²) in [6.45, 7) is 4.74. The first kappa shape index (κ1) is 25.0. The number of pyridine rings is 1. The number of carboxylic acids is 1. The van der Waals surface area contributed by atoms with Crippen molar-refractivity contribution in [2.24, 2.45) is 28.6 Å². The first-order valence-electron chi connectivity index (χ1n) is 13.6. The van der Waals surface area contributed by atoms with Gasteiger partial charge < -0.3 is 20.5 Å². The number of carbonyl (C=O) groups excluding carboxylic acids is 2. The Morgan fingerprint density at radius 1 is 1.08 bits per heavy atom. The number of fused-ring (bicyclic) bond motifs is 2. The van der Waals surface area contributed by atoms with Crippen LogP contribution in [0.5, 0.6) is 5.75 Å². The van der Waals surface area contributed by atoms with Gasteiger partial charge in [0.1, 0.15) is 11.4 Å². The summed E-state index contributed by atoms with van der Waals surface area (Å²) in [5.74, 6) is 0.101. The molecule has 36 heavy (non-hydrogen) atoms. The molecule has 8 heteroatoms. The summed E-state index contributed by atoms with van der Waals surface area (Å²) in [4.78, 5) is 42.1. The minimum atomic E-state index is -0.756. The summed E-state index contributed by atoms with van der Waals surface area (Å²) in [5, 5.41) is 15.8. The van der Waals surface area contributed by atoms with Gasteiger partial charge in [-0.05, 0) is 88.0 Å². The topological polar surface area (TPSA) is 118 Å². The molecule has 1 heterocycles. The molecule has 0 unspecified atom stereocenters. The molecule has 1 aromatic heterocycles. The van der Waals surface area contributed by atoms with Crippen LogP contribution in [0.1, 0.15) is 88.5 Å². The molecule has 196 valence electrons. The van der Waals surface area contributed by atoms with Crippen molar-refractivity contribution in [1.82, 2.24) is 15.6 Å². The Morgan fingerprint density at radius 2 is 1.81 bits per heavy atom. The van der Waals surface area contributed by atoms with E-state index in [1.165, 1.54) is 6.42 Å². The normalized spacial score (nSPS) is 34.4. The first-order valence-corrected chi connectivity index (χ1v) is 13.6. The van der Waals surface area contributed by atoms with E-state index in [0.29, 0.717) is 49.8 Å². The van der Waals surface area contributed by atoms with Gasteiger partial charge >= 0.3 is 5.97 Å². The largest absolute Gasteiger partial charge is 0.490 e. The molecule has 0 radical (unpaired) electrons. The number of aliphatic carboxylic acids is 1. The maximum absolute atomic E-state index is 13.2. The lowest BCUT2D eigenvalue weighted by Crippen LogP contribution is -2.51. The molecule has 4 aliphatic carbocycles. The van der Waals surface area contributed by atoms with Crippen molar-refractivity contribution in [3.63, 3.8) is 0 Å². The van der Waals surface area contributed by atoms with Crippen LogP contribution in [0.15, 0.2) is 18.3 Å². The predicted octanol–water partition coefficient (Wildman–Crippen LogP) is 3.94. The highest BCUT2D eigenvalue weighted by Crippen LogP contribution is 2.49. The number of hydrogen-bond donors (Lipinski definition) is 3. The van der Waals surface area contributed by atoms with E-state index in [1.807, 2.05) is 0 Å². The molecule has 8 nitrogen and oxygen atoms in total. The molecule has 0 saturated heterocycles. The Hall–Kier alpha value is -2.64. The fourth-order valence-electron chi connectivity index (χ4n) is 6.84. The lowest BCUT2D eigenvalue weighted by atomic mass is 9.70. The maximum Gasteiger partial charge on any atom is 0.309 e. The van der Waals surface area contributed by atoms with Crippen molar-refractivity contribution in [2.75, 3.05) is 6.54 Å². The van der Waals surface area contributed by atoms with Crippen LogP contribution >= 0.6 is 0 Å². The summed E-state index contributed by atoms with van der Waals surface area (Å²) >= 11 is 0. The molecule has 0 aliphatic heterocycles. The summed E-state index contributed by atoms with van der Waals surface area (Å²) in [6, 6.07) is 3.22. The van der Waals surface area contributed by atoms with Crippen LogP contribution in [0, 0.1) is 28.6 Å². The van der Waals surface area contributed by atoms with Crippen LogP contribution in [-0.2, 0) is 9.59 Å². The van der Waals surface area contributed by atoms with E-state index in [4.69, 9.17) is 4.74 Å². The molecule has 3 N–H and O–H groups in total. The van der Waals surface area contributed by atoms with Gasteiger partial charge in [0.05, 0.1) is 17.4 Å². The monoisotopic (exact) mass is 497 g/mol. The lowest BCUT2D eigenvalue weighted by molar-refractivity contribution is -0.150. The summed E-state index contributed by atoms with van der Waals surface area (Å²) in [6.07, 6.45) is 10.6. The Labute approximate surface area is 213 Å². The van der Waals surface area contributed by atoms with Crippen molar-refractivity contribution >= 4 is 17.8 Å². The van der Waals surface area contributed by atoms with Crippen LogP contribution in [-0.4, -0.2) is 46.6 Å². The number of ether oxygens (including phenoxy) is 1. The zero-order valence-electron chi connectivity index (χ0n) is 21.4. The fraction of sp³-hybridized carbons (Fsp3) is 0.714. The molecule has 2 amide bonds. The van der Waals surface area contributed by atoms with Gasteiger partial charge in [-0.3, -0.25) is 19.4 Å². The molecule has 0 aromatic carbocycles. The molecule has 0 spiro atoms. The number of carbonyl (C=O) groups is 3. The van der Waals surface area contributed by atoms with Gasteiger partial charge in [-0.15, -0.1) is 0 Å². The Morgan fingerprint density at radius 3 is 2.47 bits per heavy atom. The average molecular weight is 498 g/mol. The minimum absolute atomic E-state index is 0.0769. The van der Waals surface area contributed by atoms with Crippen LogP contribution < -0.4 is 15.4 Å². The van der Waals surface area contributed by atoms with Crippen molar-refractivity contribution in [3.05, 3.63) is 24.0 Å². The van der Waals surface area contributed by atoms with Crippen molar-refractivity contribution in [1.29, 1.82) is 0 Å². The van der Waals surface area contributed by atoms with E-state index in [9.17, 15) is 19.5 Å². The van der Waals surface area contributed by atoms with Gasteiger partial charge in [0.15, 0.2) is 0 Å². The van der Waals surface area contributed by atoms with Gasteiger partial charge in [0.2, 0.25) is 5.91 Å². The highest BCUT2D eigenvalue weighted by atomic mass is 16.5. The quantitative estimate of drug-likeness (QED) is 0.501. The fourth-order valence-corrected chi connectivity index (χ4v) is 6.84. The second kappa shape index (κ2) is 9.67. The molecule has 4 saturated carbocycles. The lowest BCUT2D eigenvalue weighted by Gasteiger charge is -2.39. The van der Waals surface area contributed by atoms with Crippen molar-refractivity contribution in [2.45, 2.75) is 90.2 Å². The molecule has 5 rings (SSSR count). The van der Waals surface area contributed by atoms with E-state index in [2.05, 4.69) is 22.5 Å². The molecule has 4 atom stereocenters. The molecule has 2 bridgehead atoms. The van der Waals surface area contributed by atoms with Gasteiger partial charge in [-0.2, -0.15) is 0 Å². The van der Waals surface area contributed by atoms with Gasteiger partial charge in [0.25, 0.3) is 5.91 Å². The van der Waals surface area contributed by atoms with E-state index in [0.717, 1.165) is 32.1 Å². The summed E-state index contributed by atoms with van der Waals surface area (Å²) in [5.41, 5.74) is -0.189. The maximum atomic E-state index is 13.2. The zero-order valence-corrected chi connectivity index (χ0v) is 21.4. The molecular weight excluding hydrogens is 458 g/mol. The summed E-state index contributed by atoms with van der Waals surface area (Å²) < 4.78 is 6.10. The standard InChI is InChI=1S/C28H39N3O5/c1-27(9-3-10-27)16-30-25(33)22-17-4-5-18(14-17)23(22)31-24(32)21-15-20(8-13-29-21)36-19-6-11-28(2,12-7-19)26(34)35/h8,13,15,17-19,22-23H,3-7,9-12,14,16H2,1-2H3,(H,30,33)(H,31,32)(H,34,35)/t17-,18+,19?,22+,23-,28?/m1/s1. The van der Waals surface area contributed by atoms with Gasteiger partial charge in [-0.1, -0.05) is 13.3 Å². The van der Waals surface area contributed by atoms with Crippen LogP contribution in [0.3, 0.4) is 0 Å². The Balaban J connectivity index is 1.19. The number of nitrogens with one attached hydrogen (secondary N) is 2. The Kier molecular flexibility index (Phi) is 6.72. The van der Waals surface area contributed by atoms with Crippen molar-refractivity contribution < 1.29 is 24.2 Å². The van der Waals surface area contributed by atoms with Crippen LogP contribution in [0.25, 0.3) is 0 Å². The third-order valence-electron chi connectivity index (χ3n) is 9.59. The average Bonchev–Trinajstić information content (AvgIpc) is 3.45. The third kappa shape index (κ3) is 4.96. The van der Waals surface area contributed by atoms with E-state index >= 15 is 0 Å². The van der Waals surface area contributed by atoms with Crippen LogP contribution in [0.2, 0.25) is 0 Å². The molecule has 1 aromatic rings. The minimum Gasteiger partial charge on any atom is -0.490 e. The highest BCUT2D eigenvalue weighted by Gasteiger charge is 2.51. The second-order valence-electron chi connectivity index (χ2n) is 12.3. The smallest absolute Gasteiger partial charge is 0.309 e. The molecular formula is C28H39N3O5.